The van der Waals surface area contributed by atoms with E-state index in [1.807, 2.05) is 24.3 Å². The molecule has 3 aromatic rings. The van der Waals surface area contributed by atoms with Crippen molar-refractivity contribution >= 4 is 34.6 Å². The van der Waals surface area contributed by atoms with Gasteiger partial charge >= 0.3 is 0 Å². The van der Waals surface area contributed by atoms with Gasteiger partial charge in [0.2, 0.25) is 0 Å². The summed E-state index contributed by atoms with van der Waals surface area (Å²) in [5.41, 5.74) is 2.14. The highest BCUT2D eigenvalue weighted by Crippen LogP contribution is 2.30. The zero-order valence-electron chi connectivity index (χ0n) is 15.8. The second-order valence-electron chi connectivity index (χ2n) is 6.62. The van der Waals surface area contributed by atoms with Gasteiger partial charge in [0.25, 0.3) is 11.6 Å². The average molecular weight is 409 g/mol. The largest absolute Gasteiger partial charge is 0.451 e. The fourth-order valence-corrected chi connectivity index (χ4v) is 2.93. The molecular formula is C21H19N3O4S. The summed E-state index contributed by atoms with van der Waals surface area (Å²) in [6, 6.07) is 16.9. The Morgan fingerprint density at radius 3 is 2.41 bits per heavy atom. The zero-order chi connectivity index (χ0) is 21.0. The molecule has 1 aromatic heterocycles. The van der Waals surface area contributed by atoms with Gasteiger partial charge < -0.3 is 9.73 Å². The topological polar surface area (TPSA) is 97.4 Å². The minimum atomic E-state index is -0.550. The van der Waals surface area contributed by atoms with Crippen LogP contribution in [-0.2, 0) is 0 Å². The molecule has 148 valence electrons. The Balaban J connectivity index is 1.67. The van der Waals surface area contributed by atoms with Crippen LogP contribution in [0.2, 0.25) is 0 Å². The molecule has 2 aromatic carbocycles. The minimum Gasteiger partial charge on any atom is -0.451 e. The third-order valence-electron chi connectivity index (χ3n) is 4.26. The maximum Gasteiger partial charge on any atom is 0.293 e. The number of nitro benzene ring substituents is 1. The second-order valence-corrected chi connectivity index (χ2v) is 7.03. The number of amides is 1. The molecule has 0 aliphatic rings. The Morgan fingerprint density at radius 2 is 1.76 bits per heavy atom. The number of furan rings is 1. The second kappa shape index (κ2) is 8.66. The standard InChI is InChI=1S/C21H19N3O4S/c1-13(2)14-7-9-15(10-8-14)22-21(29)23-20(25)19-12-11-18(28-19)16-5-3-4-6-17(16)24(26)27/h3-13H,1-2H3,(H2,22,23,25,29). The summed E-state index contributed by atoms with van der Waals surface area (Å²) >= 11 is 5.18. The van der Waals surface area contributed by atoms with Gasteiger partial charge in [0.15, 0.2) is 10.9 Å². The number of rotatable bonds is 5. The Morgan fingerprint density at radius 1 is 1.07 bits per heavy atom. The molecule has 0 saturated carbocycles. The maximum atomic E-state index is 12.4. The molecule has 0 fully saturated rings. The molecule has 2 N–H and O–H groups in total. The van der Waals surface area contributed by atoms with E-state index in [2.05, 4.69) is 24.5 Å². The van der Waals surface area contributed by atoms with Crippen molar-refractivity contribution in [3.8, 4) is 11.3 Å². The fraction of sp³-hybridized carbons (Fsp3) is 0.143. The van der Waals surface area contributed by atoms with Crippen LogP contribution in [0.25, 0.3) is 11.3 Å². The smallest absolute Gasteiger partial charge is 0.293 e. The molecule has 8 heteroatoms. The van der Waals surface area contributed by atoms with Crippen LogP contribution in [0.4, 0.5) is 11.4 Å². The molecule has 1 heterocycles. The van der Waals surface area contributed by atoms with Crippen LogP contribution >= 0.6 is 12.2 Å². The summed E-state index contributed by atoms with van der Waals surface area (Å²) in [5, 5.41) is 16.8. The third kappa shape index (κ3) is 4.85. The van der Waals surface area contributed by atoms with Crippen molar-refractivity contribution in [1.29, 1.82) is 0 Å². The molecule has 0 bridgehead atoms. The van der Waals surface area contributed by atoms with Crippen LogP contribution in [0.15, 0.2) is 65.1 Å². The number of carbonyl (C=O) groups excluding carboxylic acids is 1. The molecular weight excluding hydrogens is 390 g/mol. The van der Waals surface area contributed by atoms with Gasteiger partial charge in [0, 0.05) is 11.8 Å². The van der Waals surface area contributed by atoms with E-state index in [1.54, 1.807) is 18.2 Å². The predicted octanol–water partition coefficient (Wildman–Crippen LogP) is 5.11. The molecule has 0 aliphatic carbocycles. The van der Waals surface area contributed by atoms with Crippen molar-refractivity contribution in [3.63, 3.8) is 0 Å². The third-order valence-corrected chi connectivity index (χ3v) is 4.46. The van der Waals surface area contributed by atoms with Crippen LogP contribution in [0.1, 0.15) is 35.9 Å². The molecule has 0 radical (unpaired) electrons. The zero-order valence-corrected chi connectivity index (χ0v) is 16.7. The average Bonchev–Trinajstić information content (AvgIpc) is 3.18. The van der Waals surface area contributed by atoms with E-state index in [1.165, 1.54) is 23.8 Å². The van der Waals surface area contributed by atoms with E-state index in [4.69, 9.17) is 16.6 Å². The lowest BCUT2D eigenvalue weighted by Crippen LogP contribution is -2.33. The van der Waals surface area contributed by atoms with E-state index < -0.39 is 10.8 Å². The molecule has 0 atom stereocenters. The number of anilines is 1. The summed E-state index contributed by atoms with van der Waals surface area (Å²) in [6.45, 7) is 4.21. The highest BCUT2D eigenvalue weighted by Gasteiger charge is 2.19. The molecule has 0 aliphatic heterocycles. The number of hydrogen-bond acceptors (Lipinski definition) is 5. The molecule has 0 unspecified atom stereocenters. The molecule has 29 heavy (non-hydrogen) atoms. The van der Waals surface area contributed by atoms with Crippen LogP contribution in [-0.4, -0.2) is 15.9 Å². The number of nitrogens with zero attached hydrogens (tertiary/aromatic N) is 1. The summed E-state index contributed by atoms with van der Waals surface area (Å²) < 4.78 is 5.51. The van der Waals surface area contributed by atoms with Gasteiger partial charge in [-0.2, -0.15) is 0 Å². The van der Waals surface area contributed by atoms with E-state index in [-0.39, 0.29) is 22.3 Å². The van der Waals surface area contributed by atoms with Crippen LogP contribution in [0.5, 0.6) is 0 Å². The predicted molar refractivity (Wildman–Crippen MR) is 115 cm³/mol. The highest BCUT2D eigenvalue weighted by atomic mass is 32.1. The van der Waals surface area contributed by atoms with Crippen molar-refractivity contribution in [2.45, 2.75) is 19.8 Å². The summed E-state index contributed by atoms with van der Waals surface area (Å²) in [7, 11) is 0. The Kier molecular flexibility index (Phi) is 6.04. The Hall–Kier alpha value is -3.52. The molecule has 3 rings (SSSR count). The first kappa shape index (κ1) is 20.2. The molecule has 1 amide bonds. The number of thiocarbonyl (C=S) groups is 1. The van der Waals surface area contributed by atoms with Crippen LogP contribution in [0, 0.1) is 10.1 Å². The van der Waals surface area contributed by atoms with Crippen molar-refractivity contribution in [3.05, 3.63) is 82.1 Å². The van der Waals surface area contributed by atoms with Gasteiger partial charge in [-0.3, -0.25) is 20.2 Å². The maximum absolute atomic E-state index is 12.4. The summed E-state index contributed by atoms with van der Waals surface area (Å²) in [5.74, 6) is 0.0958. The van der Waals surface area contributed by atoms with Crippen LogP contribution < -0.4 is 10.6 Å². The SMILES string of the molecule is CC(C)c1ccc(NC(=S)NC(=O)c2ccc(-c3ccccc3[N+](=O)[O-])o2)cc1. The first-order valence-electron chi connectivity index (χ1n) is 8.91. The molecule has 0 spiro atoms. The van der Waals surface area contributed by atoms with Gasteiger partial charge in [-0.25, -0.2) is 0 Å². The number of para-hydroxylation sites is 1. The van der Waals surface area contributed by atoms with E-state index in [0.29, 0.717) is 11.5 Å². The number of carbonyl (C=O) groups is 1. The first-order chi connectivity index (χ1) is 13.8. The lowest BCUT2D eigenvalue weighted by Gasteiger charge is -2.10. The lowest BCUT2D eigenvalue weighted by molar-refractivity contribution is -0.384. The van der Waals surface area contributed by atoms with Gasteiger partial charge in [-0.1, -0.05) is 38.1 Å². The fourth-order valence-electron chi connectivity index (χ4n) is 2.72. The van der Waals surface area contributed by atoms with E-state index >= 15 is 0 Å². The quantitative estimate of drug-likeness (QED) is 0.345. The number of hydrogen-bond donors (Lipinski definition) is 2. The summed E-state index contributed by atoms with van der Waals surface area (Å²) in [4.78, 5) is 23.1. The normalized spacial score (nSPS) is 10.6. The Bertz CT molecular complexity index is 1060. The monoisotopic (exact) mass is 409 g/mol. The number of benzene rings is 2. The van der Waals surface area contributed by atoms with Crippen molar-refractivity contribution in [2.75, 3.05) is 5.32 Å². The Labute approximate surface area is 172 Å². The lowest BCUT2D eigenvalue weighted by atomic mass is 10.0. The van der Waals surface area contributed by atoms with Gasteiger partial charge in [0.05, 0.1) is 10.5 Å². The molecule has 7 nitrogen and oxygen atoms in total. The van der Waals surface area contributed by atoms with Gasteiger partial charge in [-0.05, 0) is 54.0 Å². The van der Waals surface area contributed by atoms with Crippen LogP contribution in [0.3, 0.4) is 0 Å². The van der Waals surface area contributed by atoms with Gasteiger partial charge in [-0.15, -0.1) is 0 Å². The minimum absolute atomic E-state index is 0.00235. The van der Waals surface area contributed by atoms with E-state index in [9.17, 15) is 14.9 Å². The van der Waals surface area contributed by atoms with Gasteiger partial charge in [0.1, 0.15) is 5.76 Å². The highest BCUT2D eigenvalue weighted by molar-refractivity contribution is 7.80. The summed E-state index contributed by atoms with van der Waals surface area (Å²) in [6.07, 6.45) is 0. The molecule has 0 saturated heterocycles. The van der Waals surface area contributed by atoms with Crippen molar-refractivity contribution < 1.29 is 14.1 Å². The number of nitrogens with one attached hydrogen (secondary N) is 2. The van der Waals surface area contributed by atoms with Crippen molar-refractivity contribution in [2.24, 2.45) is 0 Å². The van der Waals surface area contributed by atoms with E-state index in [0.717, 1.165) is 5.69 Å². The van der Waals surface area contributed by atoms with Crippen molar-refractivity contribution in [1.82, 2.24) is 5.32 Å². The first-order valence-corrected chi connectivity index (χ1v) is 9.32. The number of nitro groups is 1.